The first-order chi connectivity index (χ1) is 6.81. The lowest BCUT2D eigenvalue weighted by Gasteiger charge is -2.24. The average Bonchev–Trinajstić information content (AvgIpc) is 2.75. The van der Waals surface area contributed by atoms with Crippen LogP contribution in [0, 0.1) is 5.92 Å². The molecule has 14 heavy (non-hydrogen) atoms. The molecule has 3 nitrogen and oxygen atoms in total. The number of nitrogens with one attached hydrogen (secondary N) is 2. The van der Waals surface area contributed by atoms with Crippen molar-refractivity contribution >= 4 is 27.3 Å². The van der Waals surface area contributed by atoms with E-state index in [1.54, 1.807) is 11.3 Å². The Kier molecular flexibility index (Phi) is 2.18. The van der Waals surface area contributed by atoms with Crippen molar-refractivity contribution in [2.75, 3.05) is 19.7 Å². The third-order valence-electron chi connectivity index (χ3n) is 3.04. The highest BCUT2D eigenvalue weighted by Crippen LogP contribution is 2.40. The molecule has 2 aliphatic heterocycles. The summed E-state index contributed by atoms with van der Waals surface area (Å²) in [5, 5.41) is 5.55. The van der Waals surface area contributed by atoms with Gasteiger partial charge in [0.2, 0.25) is 0 Å². The number of hydrogen-bond donors (Lipinski definition) is 2. The van der Waals surface area contributed by atoms with Gasteiger partial charge in [-0.3, -0.25) is 0 Å². The lowest BCUT2D eigenvalue weighted by molar-refractivity contribution is 0.0608. The summed E-state index contributed by atoms with van der Waals surface area (Å²) in [5.41, 5.74) is 3.21. The van der Waals surface area contributed by atoms with Crippen molar-refractivity contribution in [2.24, 2.45) is 5.92 Å². The van der Waals surface area contributed by atoms with Crippen molar-refractivity contribution < 1.29 is 4.84 Å². The molecule has 76 valence electrons. The van der Waals surface area contributed by atoms with E-state index in [1.165, 1.54) is 4.88 Å². The highest BCUT2D eigenvalue weighted by atomic mass is 79.9. The zero-order chi connectivity index (χ0) is 9.60. The maximum atomic E-state index is 5.38. The maximum absolute atomic E-state index is 5.38. The molecule has 0 aromatic carbocycles. The third-order valence-corrected chi connectivity index (χ3v) is 4.91. The van der Waals surface area contributed by atoms with Crippen molar-refractivity contribution in [3.05, 3.63) is 20.8 Å². The zero-order valence-electron chi connectivity index (χ0n) is 7.55. The van der Waals surface area contributed by atoms with E-state index in [9.17, 15) is 0 Å². The predicted octanol–water partition coefficient (Wildman–Crippen LogP) is 1.46. The van der Waals surface area contributed by atoms with Crippen molar-refractivity contribution in [1.29, 1.82) is 0 Å². The molecule has 2 aliphatic rings. The minimum Gasteiger partial charge on any atom is -0.314 e. The van der Waals surface area contributed by atoms with Gasteiger partial charge in [-0.15, -0.1) is 11.3 Å². The molecule has 2 fully saturated rings. The normalized spacial score (nSPS) is 36.2. The Morgan fingerprint density at radius 3 is 3.36 bits per heavy atom. The molecule has 0 bridgehead atoms. The number of thiophene rings is 1. The quantitative estimate of drug-likeness (QED) is 0.814. The monoisotopic (exact) mass is 274 g/mol. The molecule has 1 aromatic heterocycles. The first kappa shape index (κ1) is 9.30. The van der Waals surface area contributed by atoms with Crippen LogP contribution in [-0.4, -0.2) is 19.7 Å². The van der Waals surface area contributed by atoms with Gasteiger partial charge < -0.3 is 10.2 Å². The third kappa shape index (κ3) is 1.20. The summed E-state index contributed by atoms with van der Waals surface area (Å²) in [4.78, 5) is 6.74. The Bertz CT molecular complexity index is 344. The SMILES string of the molecule is Brc1csc(C23CNCC2CON3)c1. The molecule has 1 aromatic rings. The van der Waals surface area contributed by atoms with Gasteiger partial charge in [-0.05, 0) is 22.0 Å². The number of rotatable bonds is 1. The Labute approximate surface area is 94.9 Å². The van der Waals surface area contributed by atoms with Gasteiger partial charge in [-0.2, -0.15) is 5.48 Å². The summed E-state index contributed by atoms with van der Waals surface area (Å²) < 4.78 is 1.16. The van der Waals surface area contributed by atoms with Crippen LogP contribution >= 0.6 is 27.3 Å². The van der Waals surface area contributed by atoms with E-state index < -0.39 is 0 Å². The summed E-state index contributed by atoms with van der Waals surface area (Å²) in [6.07, 6.45) is 0. The number of hydrogen-bond acceptors (Lipinski definition) is 4. The smallest absolute Gasteiger partial charge is 0.0959 e. The topological polar surface area (TPSA) is 33.3 Å². The van der Waals surface area contributed by atoms with E-state index in [0.29, 0.717) is 5.92 Å². The van der Waals surface area contributed by atoms with Crippen LogP contribution < -0.4 is 10.8 Å². The van der Waals surface area contributed by atoms with Crippen LogP contribution in [0.2, 0.25) is 0 Å². The first-order valence-corrected chi connectivity index (χ1v) is 6.33. The lowest BCUT2D eigenvalue weighted by atomic mass is 9.88. The predicted molar refractivity (Wildman–Crippen MR) is 59.1 cm³/mol. The molecule has 0 saturated carbocycles. The van der Waals surface area contributed by atoms with Crippen LogP contribution in [0.5, 0.6) is 0 Å². The minimum atomic E-state index is 0.0245. The standard InChI is InChI=1S/C9H11BrN2OS/c10-7-1-8(14-4-7)9-5-11-2-6(9)3-13-12-9/h1,4,6,11-12H,2-3,5H2. The van der Waals surface area contributed by atoms with Crippen LogP contribution in [-0.2, 0) is 10.4 Å². The lowest BCUT2D eigenvalue weighted by Crippen LogP contribution is -2.41. The second kappa shape index (κ2) is 3.28. The van der Waals surface area contributed by atoms with Crippen molar-refractivity contribution in [2.45, 2.75) is 5.54 Å². The van der Waals surface area contributed by atoms with Gasteiger partial charge >= 0.3 is 0 Å². The molecule has 0 radical (unpaired) electrons. The molecular formula is C9H11BrN2OS. The Hall–Kier alpha value is 0.0600. The molecule has 2 saturated heterocycles. The van der Waals surface area contributed by atoms with Crippen LogP contribution in [0.25, 0.3) is 0 Å². The van der Waals surface area contributed by atoms with Gasteiger partial charge in [0.05, 0.1) is 12.1 Å². The molecule has 3 rings (SSSR count). The molecule has 3 heterocycles. The van der Waals surface area contributed by atoms with Gasteiger partial charge in [0.25, 0.3) is 0 Å². The average molecular weight is 275 g/mol. The van der Waals surface area contributed by atoms with Crippen LogP contribution in [0.4, 0.5) is 0 Å². The number of hydroxylamine groups is 1. The largest absolute Gasteiger partial charge is 0.314 e. The van der Waals surface area contributed by atoms with Crippen molar-refractivity contribution in [1.82, 2.24) is 10.8 Å². The summed E-state index contributed by atoms with van der Waals surface area (Å²) in [6.45, 7) is 2.82. The minimum absolute atomic E-state index is 0.0245. The van der Waals surface area contributed by atoms with Gasteiger partial charge in [-0.25, -0.2) is 0 Å². The molecule has 2 unspecified atom stereocenters. The maximum Gasteiger partial charge on any atom is 0.0959 e. The molecule has 2 atom stereocenters. The summed E-state index contributed by atoms with van der Waals surface area (Å²) in [5.74, 6) is 0.563. The van der Waals surface area contributed by atoms with E-state index in [-0.39, 0.29) is 5.54 Å². The number of halogens is 1. The van der Waals surface area contributed by atoms with Crippen molar-refractivity contribution in [3.63, 3.8) is 0 Å². The zero-order valence-corrected chi connectivity index (χ0v) is 9.95. The van der Waals surface area contributed by atoms with E-state index in [2.05, 4.69) is 38.2 Å². The van der Waals surface area contributed by atoms with E-state index in [0.717, 1.165) is 24.2 Å². The molecule has 5 heteroatoms. The van der Waals surface area contributed by atoms with Gasteiger partial charge in [0, 0.05) is 33.7 Å². The van der Waals surface area contributed by atoms with E-state index in [1.807, 2.05) is 0 Å². The first-order valence-electron chi connectivity index (χ1n) is 4.65. The van der Waals surface area contributed by atoms with Crippen LogP contribution in [0.15, 0.2) is 15.9 Å². The Morgan fingerprint density at radius 2 is 2.57 bits per heavy atom. The fourth-order valence-electron chi connectivity index (χ4n) is 2.24. The van der Waals surface area contributed by atoms with Crippen molar-refractivity contribution in [3.8, 4) is 0 Å². The molecule has 2 N–H and O–H groups in total. The summed E-state index contributed by atoms with van der Waals surface area (Å²) in [6, 6.07) is 2.19. The van der Waals surface area contributed by atoms with Crippen LogP contribution in [0.1, 0.15) is 4.88 Å². The molecule has 0 amide bonds. The Morgan fingerprint density at radius 1 is 1.64 bits per heavy atom. The Balaban J connectivity index is 2.02. The van der Waals surface area contributed by atoms with E-state index >= 15 is 0 Å². The van der Waals surface area contributed by atoms with Gasteiger partial charge in [0.15, 0.2) is 0 Å². The summed E-state index contributed by atoms with van der Waals surface area (Å²) >= 11 is 5.28. The number of fused-ring (bicyclic) bond motifs is 1. The fourth-order valence-corrected chi connectivity index (χ4v) is 3.89. The highest BCUT2D eigenvalue weighted by molar-refractivity contribution is 9.10. The van der Waals surface area contributed by atoms with Gasteiger partial charge in [0.1, 0.15) is 0 Å². The van der Waals surface area contributed by atoms with Crippen LogP contribution in [0.3, 0.4) is 0 Å². The summed E-state index contributed by atoms with van der Waals surface area (Å²) in [7, 11) is 0. The van der Waals surface area contributed by atoms with Gasteiger partial charge in [-0.1, -0.05) is 0 Å². The second-order valence-corrected chi connectivity index (χ2v) is 5.67. The fraction of sp³-hybridized carbons (Fsp3) is 0.556. The molecule has 0 aliphatic carbocycles. The molecular weight excluding hydrogens is 264 g/mol. The highest BCUT2D eigenvalue weighted by Gasteiger charge is 2.49. The molecule has 0 spiro atoms. The second-order valence-electron chi connectivity index (χ2n) is 3.84. The van der Waals surface area contributed by atoms with E-state index in [4.69, 9.17) is 4.84 Å².